The first-order valence-electron chi connectivity index (χ1n) is 9.52. The number of aryl methyl sites for hydroxylation is 2. The summed E-state index contributed by atoms with van der Waals surface area (Å²) in [6.07, 6.45) is 7.29. The Balaban J connectivity index is 1.40. The van der Waals surface area contributed by atoms with Crippen LogP contribution in [0.5, 0.6) is 11.6 Å². The van der Waals surface area contributed by atoms with Crippen LogP contribution in [0.2, 0.25) is 0 Å². The number of nitrogens with one attached hydrogen (secondary N) is 1. The molecule has 0 atom stereocenters. The van der Waals surface area contributed by atoms with Gasteiger partial charge in [0.05, 0.1) is 12.5 Å². The highest BCUT2D eigenvalue weighted by atomic mass is 32.1. The number of fused-ring (bicyclic) bond motifs is 3. The van der Waals surface area contributed by atoms with Crippen LogP contribution in [-0.2, 0) is 24.2 Å². The Morgan fingerprint density at radius 2 is 1.96 bits per heavy atom. The lowest BCUT2D eigenvalue weighted by atomic mass is 10.1. The van der Waals surface area contributed by atoms with Crippen molar-refractivity contribution in [3.05, 3.63) is 46.6 Å². The molecule has 0 spiro atoms. The standard InChI is InChI=1S/C21H23N3O3S/c1-26-15-9-7-14(8-10-15)11-22-18(25)12-27-20-19-16-5-3-2-4-6-17(16)28-21(19)24-13-23-20/h7-10,13H,2-6,11-12H2,1H3,(H,22,25). The van der Waals surface area contributed by atoms with Crippen LogP contribution in [0.1, 0.15) is 35.3 Å². The van der Waals surface area contributed by atoms with Crippen LogP contribution in [0.4, 0.5) is 0 Å². The summed E-state index contributed by atoms with van der Waals surface area (Å²) in [4.78, 5) is 23.3. The molecule has 2 aromatic heterocycles. The highest BCUT2D eigenvalue weighted by Crippen LogP contribution is 2.38. The minimum Gasteiger partial charge on any atom is -0.497 e. The van der Waals surface area contributed by atoms with E-state index in [1.54, 1.807) is 18.4 Å². The number of amides is 1. The number of methoxy groups -OCH3 is 1. The lowest BCUT2D eigenvalue weighted by molar-refractivity contribution is -0.123. The summed E-state index contributed by atoms with van der Waals surface area (Å²) in [5.74, 6) is 1.13. The van der Waals surface area contributed by atoms with Crippen molar-refractivity contribution < 1.29 is 14.3 Å². The van der Waals surface area contributed by atoms with Crippen molar-refractivity contribution in [2.75, 3.05) is 13.7 Å². The second-order valence-corrected chi connectivity index (χ2v) is 7.92. The number of carbonyl (C=O) groups is 1. The number of aromatic nitrogens is 2. The van der Waals surface area contributed by atoms with Gasteiger partial charge < -0.3 is 14.8 Å². The Bertz CT molecular complexity index is 969. The third-order valence-electron chi connectivity index (χ3n) is 4.96. The quantitative estimate of drug-likeness (QED) is 0.643. The molecule has 3 aromatic rings. The third-order valence-corrected chi connectivity index (χ3v) is 6.16. The molecule has 0 radical (unpaired) electrons. The molecule has 0 unspecified atom stereocenters. The number of ether oxygens (including phenoxy) is 2. The molecule has 7 heteroatoms. The third kappa shape index (κ3) is 4.09. The SMILES string of the molecule is COc1ccc(CNC(=O)COc2ncnc3sc4c(c23)CCCCC4)cc1. The van der Waals surface area contributed by atoms with Crippen LogP contribution in [0.3, 0.4) is 0 Å². The zero-order valence-corrected chi connectivity index (χ0v) is 16.7. The number of hydrogen-bond donors (Lipinski definition) is 1. The van der Waals surface area contributed by atoms with Gasteiger partial charge in [0.25, 0.3) is 5.91 Å². The van der Waals surface area contributed by atoms with E-state index < -0.39 is 0 Å². The maximum atomic E-state index is 12.2. The first-order chi connectivity index (χ1) is 13.7. The zero-order chi connectivity index (χ0) is 19.3. The monoisotopic (exact) mass is 397 g/mol. The van der Waals surface area contributed by atoms with Gasteiger partial charge in [0.1, 0.15) is 16.9 Å². The minimum atomic E-state index is -0.177. The summed E-state index contributed by atoms with van der Waals surface area (Å²) in [7, 11) is 1.63. The Hall–Kier alpha value is -2.67. The fourth-order valence-electron chi connectivity index (χ4n) is 3.48. The molecule has 1 aliphatic carbocycles. The number of thiophene rings is 1. The molecule has 146 valence electrons. The molecule has 0 saturated heterocycles. The molecule has 2 heterocycles. The lowest BCUT2D eigenvalue weighted by Crippen LogP contribution is -2.28. The molecule has 4 rings (SSSR count). The van der Waals surface area contributed by atoms with Crippen molar-refractivity contribution in [2.24, 2.45) is 0 Å². The van der Waals surface area contributed by atoms with Gasteiger partial charge in [-0.05, 0) is 48.9 Å². The highest BCUT2D eigenvalue weighted by Gasteiger charge is 2.20. The smallest absolute Gasteiger partial charge is 0.258 e. The first kappa shape index (κ1) is 18.7. The second-order valence-electron chi connectivity index (χ2n) is 6.84. The Morgan fingerprint density at radius 3 is 2.79 bits per heavy atom. The molecular weight excluding hydrogens is 374 g/mol. The van der Waals surface area contributed by atoms with Gasteiger partial charge in [-0.2, -0.15) is 0 Å². The predicted octanol–water partition coefficient (Wildman–Crippen LogP) is 3.66. The van der Waals surface area contributed by atoms with Crippen LogP contribution >= 0.6 is 11.3 Å². The summed E-state index contributed by atoms with van der Waals surface area (Å²) >= 11 is 1.73. The van der Waals surface area contributed by atoms with Crippen LogP contribution in [0.25, 0.3) is 10.2 Å². The normalized spacial score (nSPS) is 13.6. The van der Waals surface area contributed by atoms with Gasteiger partial charge in [-0.25, -0.2) is 9.97 Å². The van der Waals surface area contributed by atoms with E-state index in [2.05, 4.69) is 15.3 Å². The molecule has 1 aromatic carbocycles. The summed E-state index contributed by atoms with van der Waals surface area (Å²) in [5, 5.41) is 3.87. The largest absolute Gasteiger partial charge is 0.497 e. The Kier molecular flexibility index (Phi) is 5.71. The minimum absolute atomic E-state index is 0.0626. The van der Waals surface area contributed by atoms with E-state index in [9.17, 15) is 4.79 Å². The van der Waals surface area contributed by atoms with Gasteiger partial charge in [-0.1, -0.05) is 18.6 Å². The maximum absolute atomic E-state index is 12.2. The predicted molar refractivity (Wildman–Crippen MR) is 109 cm³/mol. The molecule has 28 heavy (non-hydrogen) atoms. The first-order valence-corrected chi connectivity index (χ1v) is 10.3. The van der Waals surface area contributed by atoms with E-state index >= 15 is 0 Å². The van der Waals surface area contributed by atoms with E-state index in [1.165, 1.54) is 36.0 Å². The fourth-order valence-corrected chi connectivity index (χ4v) is 4.70. The molecule has 1 amide bonds. The van der Waals surface area contributed by atoms with Crippen molar-refractivity contribution in [3.63, 3.8) is 0 Å². The zero-order valence-electron chi connectivity index (χ0n) is 15.9. The topological polar surface area (TPSA) is 73.3 Å². The fraction of sp³-hybridized carbons (Fsp3) is 0.381. The second kappa shape index (κ2) is 8.56. The number of hydrogen-bond acceptors (Lipinski definition) is 6. The van der Waals surface area contributed by atoms with Crippen LogP contribution in [-0.4, -0.2) is 29.6 Å². The average molecular weight is 398 g/mol. The maximum Gasteiger partial charge on any atom is 0.258 e. The summed E-state index contributed by atoms with van der Waals surface area (Å²) in [6, 6.07) is 7.60. The van der Waals surface area contributed by atoms with E-state index in [-0.39, 0.29) is 12.5 Å². The number of nitrogens with zero attached hydrogens (tertiary/aromatic N) is 2. The molecule has 0 bridgehead atoms. The van der Waals surface area contributed by atoms with Crippen molar-refractivity contribution in [3.8, 4) is 11.6 Å². The average Bonchev–Trinajstić information content (AvgIpc) is 2.93. The van der Waals surface area contributed by atoms with Gasteiger partial charge in [0, 0.05) is 11.4 Å². The molecule has 0 saturated carbocycles. The van der Waals surface area contributed by atoms with Gasteiger partial charge in [0.15, 0.2) is 6.61 Å². The van der Waals surface area contributed by atoms with Crippen LogP contribution < -0.4 is 14.8 Å². The highest BCUT2D eigenvalue weighted by molar-refractivity contribution is 7.18. The van der Waals surface area contributed by atoms with E-state index in [0.717, 1.165) is 34.4 Å². The number of benzene rings is 1. The van der Waals surface area contributed by atoms with Crippen molar-refractivity contribution in [1.29, 1.82) is 0 Å². The number of carbonyl (C=O) groups excluding carboxylic acids is 1. The van der Waals surface area contributed by atoms with Crippen molar-refractivity contribution >= 4 is 27.5 Å². The molecule has 0 fully saturated rings. The molecule has 1 N–H and O–H groups in total. The Labute approximate surface area is 167 Å². The van der Waals surface area contributed by atoms with E-state index in [0.29, 0.717) is 12.4 Å². The lowest BCUT2D eigenvalue weighted by Gasteiger charge is -2.09. The molecular formula is C21H23N3O3S. The Morgan fingerprint density at radius 1 is 1.14 bits per heavy atom. The summed E-state index contributed by atoms with van der Waals surface area (Å²) < 4.78 is 10.9. The van der Waals surface area contributed by atoms with Crippen molar-refractivity contribution in [1.82, 2.24) is 15.3 Å². The van der Waals surface area contributed by atoms with Gasteiger partial charge in [-0.15, -0.1) is 11.3 Å². The number of rotatable bonds is 6. The van der Waals surface area contributed by atoms with Crippen LogP contribution in [0, 0.1) is 0 Å². The molecule has 1 aliphatic rings. The molecule has 0 aliphatic heterocycles. The van der Waals surface area contributed by atoms with Crippen molar-refractivity contribution in [2.45, 2.75) is 38.6 Å². The summed E-state index contributed by atoms with van der Waals surface area (Å²) in [5.41, 5.74) is 2.31. The van der Waals surface area contributed by atoms with E-state index in [1.807, 2.05) is 24.3 Å². The van der Waals surface area contributed by atoms with Gasteiger partial charge in [-0.3, -0.25) is 4.79 Å². The molecule has 6 nitrogen and oxygen atoms in total. The van der Waals surface area contributed by atoms with E-state index in [4.69, 9.17) is 9.47 Å². The van der Waals surface area contributed by atoms with Gasteiger partial charge >= 0.3 is 0 Å². The summed E-state index contributed by atoms with van der Waals surface area (Å²) in [6.45, 7) is 0.381. The van der Waals surface area contributed by atoms with Crippen LogP contribution in [0.15, 0.2) is 30.6 Å². The van der Waals surface area contributed by atoms with Gasteiger partial charge in [0.2, 0.25) is 5.88 Å².